The number of rotatable bonds is 6. The molecule has 0 aliphatic carbocycles. The van der Waals surface area contributed by atoms with Crippen LogP contribution in [0.15, 0.2) is 72.8 Å². The highest BCUT2D eigenvalue weighted by atomic mass is 35.5. The lowest BCUT2D eigenvalue weighted by Gasteiger charge is -2.10. The molecule has 1 amide bonds. The molecule has 156 valence electrons. The van der Waals surface area contributed by atoms with Gasteiger partial charge in [-0.2, -0.15) is 0 Å². The number of nitrogens with one attached hydrogen (secondary N) is 1. The summed E-state index contributed by atoms with van der Waals surface area (Å²) in [7, 11) is 3.08. The van der Waals surface area contributed by atoms with E-state index in [1.807, 2.05) is 48.5 Å². The molecule has 7 nitrogen and oxygen atoms in total. The summed E-state index contributed by atoms with van der Waals surface area (Å²) in [6.07, 6.45) is 0. The fraction of sp³-hybridized carbons (Fsp3) is 0.0870. The molecule has 0 unspecified atom stereocenters. The van der Waals surface area contributed by atoms with Gasteiger partial charge in [0, 0.05) is 11.6 Å². The first-order valence-corrected chi connectivity index (χ1v) is 9.79. The summed E-state index contributed by atoms with van der Waals surface area (Å²) < 4.78 is 12.1. The number of ether oxygens (including phenoxy) is 2. The van der Waals surface area contributed by atoms with Crippen LogP contribution in [-0.2, 0) is 0 Å². The minimum absolute atomic E-state index is 0.00311. The monoisotopic (exact) mass is 434 g/mol. The largest absolute Gasteiger partial charge is 0.497 e. The predicted octanol–water partition coefficient (Wildman–Crippen LogP) is 4.86. The van der Waals surface area contributed by atoms with Crippen LogP contribution in [0.25, 0.3) is 17.1 Å². The van der Waals surface area contributed by atoms with E-state index in [1.54, 1.807) is 36.1 Å². The molecular formula is C23H19ClN4O3. The number of halogens is 1. The number of para-hydroxylation sites is 1. The third-order valence-corrected chi connectivity index (χ3v) is 4.90. The zero-order valence-electron chi connectivity index (χ0n) is 16.9. The standard InChI is InChI=1S/C23H19ClN4O3/c1-30-16-12-13-18(20(14-16)31-2)25-23(29)21-26-22(15-8-4-3-5-9-15)28(27-21)19-11-7-6-10-17(19)24/h3-14H,1-2H3,(H,25,29). The lowest BCUT2D eigenvalue weighted by Crippen LogP contribution is -2.15. The first kappa shape index (κ1) is 20.4. The summed E-state index contributed by atoms with van der Waals surface area (Å²) in [6.45, 7) is 0. The Hall–Kier alpha value is -3.84. The van der Waals surface area contributed by atoms with Gasteiger partial charge in [0.05, 0.1) is 30.6 Å². The number of methoxy groups -OCH3 is 2. The molecule has 0 bridgehead atoms. The number of carbonyl (C=O) groups is 1. The Kier molecular flexibility index (Phi) is 5.86. The Bertz CT molecular complexity index is 1220. The van der Waals surface area contributed by atoms with Gasteiger partial charge in [-0.05, 0) is 24.3 Å². The maximum absolute atomic E-state index is 13.0. The number of nitrogens with zero attached hydrogens (tertiary/aromatic N) is 3. The zero-order valence-corrected chi connectivity index (χ0v) is 17.6. The average molecular weight is 435 g/mol. The lowest BCUT2D eigenvalue weighted by molar-refractivity contribution is 0.101. The van der Waals surface area contributed by atoms with Crippen LogP contribution in [-0.4, -0.2) is 34.9 Å². The highest BCUT2D eigenvalue weighted by Crippen LogP contribution is 2.30. The topological polar surface area (TPSA) is 78.3 Å². The molecule has 0 fully saturated rings. The van der Waals surface area contributed by atoms with Gasteiger partial charge in [-0.15, -0.1) is 5.10 Å². The van der Waals surface area contributed by atoms with E-state index in [0.717, 1.165) is 5.56 Å². The van der Waals surface area contributed by atoms with Gasteiger partial charge in [0.1, 0.15) is 11.5 Å². The maximum atomic E-state index is 13.0. The number of carbonyl (C=O) groups excluding carboxylic acids is 1. The molecule has 4 aromatic rings. The second-order valence-electron chi connectivity index (χ2n) is 6.51. The van der Waals surface area contributed by atoms with E-state index < -0.39 is 5.91 Å². The molecule has 0 aliphatic heterocycles. The van der Waals surface area contributed by atoms with Crippen LogP contribution in [0.4, 0.5) is 5.69 Å². The van der Waals surface area contributed by atoms with Crippen LogP contribution in [0.1, 0.15) is 10.6 Å². The van der Waals surface area contributed by atoms with Crippen molar-refractivity contribution in [2.24, 2.45) is 0 Å². The molecule has 1 heterocycles. The molecule has 0 saturated heterocycles. The molecule has 3 aromatic carbocycles. The summed E-state index contributed by atoms with van der Waals surface area (Å²) >= 11 is 6.39. The minimum Gasteiger partial charge on any atom is -0.497 e. The van der Waals surface area contributed by atoms with Gasteiger partial charge in [-0.1, -0.05) is 54.1 Å². The van der Waals surface area contributed by atoms with Gasteiger partial charge >= 0.3 is 0 Å². The molecule has 1 N–H and O–H groups in total. The minimum atomic E-state index is -0.480. The molecule has 0 atom stereocenters. The molecule has 0 saturated carbocycles. The normalized spacial score (nSPS) is 10.5. The van der Waals surface area contributed by atoms with Crippen LogP contribution in [0.3, 0.4) is 0 Å². The van der Waals surface area contributed by atoms with Crippen molar-refractivity contribution in [2.45, 2.75) is 0 Å². The molecule has 8 heteroatoms. The van der Waals surface area contributed by atoms with Crippen LogP contribution in [0.2, 0.25) is 5.02 Å². The molecule has 31 heavy (non-hydrogen) atoms. The Morgan fingerprint density at radius 3 is 2.42 bits per heavy atom. The first-order valence-electron chi connectivity index (χ1n) is 9.41. The molecule has 1 aromatic heterocycles. The second kappa shape index (κ2) is 8.89. The van der Waals surface area contributed by atoms with Crippen molar-refractivity contribution in [3.63, 3.8) is 0 Å². The average Bonchev–Trinajstić information content (AvgIpc) is 3.25. The SMILES string of the molecule is COc1ccc(NC(=O)c2nc(-c3ccccc3)n(-c3ccccc3Cl)n2)c(OC)c1. The number of benzene rings is 3. The Morgan fingerprint density at radius 1 is 0.968 bits per heavy atom. The maximum Gasteiger partial charge on any atom is 0.295 e. The Labute approximate surface area is 184 Å². The van der Waals surface area contributed by atoms with Crippen LogP contribution in [0, 0.1) is 0 Å². The summed E-state index contributed by atoms with van der Waals surface area (Å²) in [4.78, 5) is 17.5. The van der Waals surface area contributed by atoms with E-state index in [9.17, 15) is 4.79 Å². The van der Waals surface area contributed by atoms with Crippen molar-refractivity contribution in [1.29, 1.82) is 0 Å². The number of hydrogen-bond donors (Lipinski definition) is 1. The van der Waals surface area contributed by atoms with Crippen molar-refractivity contribution in [3.05, 3.63) is 83.6 Å². The van der Waals surface area contributed by atoms with Gasteiger partial charge in [0.2, 0.25) is 5.82 Å². The molecule has 0 radical (unpaired) electrons. The van der Waals surface area contributed by atoms with Gasteiger partial charge in [0.15, 0.2) is 5.82 Å². The first-order chi connectivity index (χ1) is 15.1. The van der Waals surface area contributed by atoms with E-state index in [4.69, 9.17) is 21.1 Å². The smallest absolute Gasteiger partial charge is 0.295 e. The third kappa shape index (κ3) is 4.22. The van der Waals surface area contributed by atoms with Crippen LogP contribution >= 0.6 is 11.6 Å². The van der Waals surface area contributed by atoms with Crippen molar-refractivity contribution in [1.82, 2.24) is 14.8 Å². The molecule has 0 aliphatic rings. The Balaban J connectivity index is 1.74. The van der Waals surface area contributed by atoms with Crippen LogP contribution in [0.5, 0.6) is 11.5 Å². The van der Waals surface area contributed by atoms with Gasteiger partial charge in [0.25, 0.3) is 5.91 Å². The molecular weight excluding hydrogens is 416 g/mol. The number of hydrogen-bond acceptors (Lipinski definition) is 5. The fourth-order valence-electron chi connectivity index (χ4n) is 3.05. The second-order valence-corrected chi connectivity index (χ2v) is 6.92. The van der Waals surface area contributed by atoms with Crippen molar-refractivity contribution < 1.29 is 14.3 Å². The highest BCUT2D eigenvalue weighted by Gasteiger charge is 2.21. The van der Waals surface area contributed by atoms with Gasteiger partial charge in [-0.25, -0.2) is 9.67 Å². The highest BCUT2D eigenvalue weighted by molar-refractivity contribution is 6.32. The summed E-state index contributed by atoms with van der Waals surface area (Å²) in [6, 6.07) is 21.8. The summed E-state index contributed by atoms with van der Waals surface area (Å²) in [5, 5.41) is 7.74. The van der Waals surface area contributed by atoms with E-state index in [0.29, 0.717) is 33.7 Å². The van der Waals surface area contributed by atoms with Gasteiger partial charge < -0.3 is 14.8 Å². The van der Waals surface area contributed by atoms with Crippen molar-refractivity contribution in [2.75, 3.05) is 19.5 Å². The van der Waals surface area contributed by atoms with Crippen LogP contribution < -0.4 is 14.8 Å². The number of amides is 1. The number of anilines is 1. The fourth-order valence-corrected chi connectivity index (χ4v) is 3.27. The predicted molar refractivity (Wildman–Crippen MR) is 119 cm³/mol. The van der Waals surface area contributed by atoms with E-state index in [2.05, 4.69) is 15.4 Å². The Morgan fingerprint density at radius 2 is 1.71 bits per heavy atom. The molecule has 0 spiro atoms. The quantitative estimate of drug-likeness (QED) is 0.469. The van der Waals surface area contributed by atoms with Crippen molar-refractivity contribution in [3.8, 4) is 28.6 Å². The van der Waals surface area contributed by atoms with Crippen molar-refractivity contribution >= 4 is 23.2 Å². The van der Waals surface area contributed by atoms with E-state index >= 15 is 0 Å². The van der Waals surface area contributed by atoms with E-state index in [1.165, 1.54) is 7.11 Å². The lowest BCUT2D eigenvalue weighted by atomic mass is 10.2. The van der Waals surface area contributed by atoms with Gasteiger partial charge in [-0.3, -0.25) is 4.79 Å². The third-order valence-electron chi connectivity index (χ3n) is 4.58. The van der Waals surface area contributed by atoms with E-state index in [-0.39, 0.29) is 5.82 Å². The summed E-state index contributed by atoms with van der Waals surface area (Å²) in [5.74, 6) is 1.09. The summed E-state index contributed by atoms with van der Waals surface area (Å²) in [5.41, 5.74) is 1.90. The zero-order chi connectivity index (χ0) is 21.8. The molecule has 4 rings (SSSR count). The number of aromatic nitrogens is 3.